The molecule has 0 bridgehead atoms. The lowest BCUT2D eigenvalue weighted by molar-refractivity contribution is 0.0697. The summed E-state index contributed by atoms with van der Waals surface area (Å²) in [6.45, 7) is 0. The normalized spacial score (nSPS) is 8.00. The first kappa shape index (κ1) is 11.3. The van der Waals surface area contributed by atoms with Crippen LogP contribution >= 0.6 is 0 Å². The lowest BCUT2D eigenvalue weighted by Crippen LogP contribution is -1.93. The van der Waals surface area contributed by atoms with E-state index in [1.54, 1.807) is 30.3 Å². The Morgan fingerprint density at radius 3 is 1.85 bits per heavy atom. The van der Waals surface area contributed by atoms with Crippen molar-refractivity contribution in [2.45, 2.75) is 0 Å². The second kappa shape index (κ2) is 5.90. The van der Waals surface area contributed by atoms with Crippen LogP contribution in [0.3, 0.4) is 0 Å². The highest BCUT2D eigenvalue weighted by Crippen LogP contribution is 1.96. The molecule has 0 aromatic heterocycles. The van der Waals surface area contributed by atoms with E-state index >= 15 is 0 Å². The Kier molecular flexibility index (Phi) is 5.13. The summed E-state index contributed by atoms with van der Waals surface area (Å²) in [4.78, 5) is 10.2. The fourth-order valence-corrected chi connectivity index (χ4v) is 0.581. The van der Waals surface area contributed by atoms with Crippen molar-refractivity contribution in [1.29, 1.82) is 4.78 Å². The molecule has 0 aliphatic carbocycles. The summed E-state index contributed by atoms with van der Waals surface area (Å²) in [7, 11) is -2.61. The zero-order chi connectivity index (χ0) is 10.3. The van der Waals surface area contributed by atoms with Crippen molar-refractivity contribution >= 4 is 16.5 Å². The van der Waals surface area contributed by atoms with E-state index < -0.39 is 16.5 Å². The van der Waals surface area contributed by atoms with Gasteiger partial charge in [-0.15, -0.1) is 0 Å². The average molecular weight is 201 g/mol. The molecule has 5 nitrogen and oxygen atoms in total. The number of carboxylic acid groups (broad SMARTS) is 1. The predicted molar refractivity (Wildman–Crippen MR) is 45.0 cm³/mol. The fourth-order valence-electron chi connectivity index (χ4n) is 0.581. The molecule has 0 fully saturated rings. The fraction of sp³-hybridized carbons (Fsp3) is 0. The molecule has 70 valence electrons. The van der Waals surface area contributed by atoms with Crippen molar-refractivity contribution in [3.05, 3.63) is 35.9 Å². The highest BCUT2D eigenvalue weighted by atomic mass is 32.2. The Bertz CT molecular complexity index is 362. The van der Waals surface area contributed by atoms with Crippen LogP contribution in [0.2, 0.25) is 0 Å². The van der Waals surface area contributed by atoms with Crippen LogP contribution in [0.25, 0.3) is 0 Å². The monoisotopic (exact) mass is 201 g/mol. The Balaban J connectivity index is 0.000000310. The number of carbonyl (C=O) groups is 1. The summed E-state index contributed by atoms with van der Waals surface area (Å²) in [5.74, 6) is -0.879. The van der Waals surface area contributed by atoms with Crippen LogP contribution in [0.5, 0.6) is 0 Å². The van der Waals surface area contributed by atoms with E-state index in [9.17, 15) is 4.79 Å². The Morgan fingerprint density at radius 2 is 1.62 bits per heavy atom. The number of benzene rings is 1. The van der Waals surface area contributed by atoms with Crippen molar-refractivity contribution in [3.63, 3.8) is 0 Å². The van der Waals surface area contributed by atoms with Crippen LogP contribution in [-0.2, 0) is 10.5 Å². The number of aromatic carboxylic acids is 1. The minimum Gasteiger partial charge on any atom is -0.478 e. The van der Waals surface area contributed by atoms with Gasteiger partial charge in [-0.25, -0.2) is 4.79 Å². The van der Waals surface area contributed by atoms with Gasteiger partial charge in [-0.1, -0.05) is 18.2 Å². The van der Waals surface area contributed by atoms with Gasteiger partial charge in [-0.2, -0.15) is 13.2 Å². The SMILES string of the molecule is N=S(=O)=O.O=C(O)c1ccccc1. The molecule has 0 heterocycles. The summed E-state index contributed by atoms with van der Waals surface area (Å²) in [5.41, 5.74) is 0.331. The molecular formula is C7H7NO4S. The topological polar surface area (TPSA) is 95.3 Å². The van der Waals surface area contributed by atoms with E-state index in [0.717, 1.165) is 0 Å². The van der Waals surface area contributed by atoms with Gasteiger partial charge < -0.3 is 5.11 Å². The molecule has 0 unspecified atom stereocenters. The van der Waals surface area contributed by atoms with E-state index in [1.165, 1.54) is 0 Å². The van der Waals surface area contributed by atoms with E-state index in [2.05, 4.69) is 0 Å². The molecule has 0 aliphatic rings. The molecule has 0 saturated heterocycles. The van der Waals surface area contributed by atoms with E-state index in [1.807, 2.05) is 0 Å². The molecule has 1 aromatic carbocycles. The number of rotatable bonds is 1. The zero-order valence-electron chi connectivity index (χ0n) is 6.47. The van der Waals surface area contributed by atoms with Gasteiger partial charge in [-0.05, 0) is 12.1 Å². The van der Waals surface area contributed by atoms with Crippen molar-refractivity contribution in [2.24, 2.45) is 0 Å². The van der Waals surface area contributed by atoms with Crippen molar-refractivity contribution < 1.29 is 18.3 Å². The van der Waals surface area contributed by atoms with Crippen LogP contribution in [-0.4, -0.2) is 19.5 Å². The molecule has 1 aromatic rings. The third-order valence-corrected chi connectivity index (χ3v) is 1.02. The average Bonchev–Trinajstić information content (AvgIpc) is 2.05. The Hall–Kier alpha value is -1.69. The van der Waals surface area contributed by atoms with Gasteiger partial charge in [-0.3, -0.25) is 0 Å². The van der Waals surface area contributed by atoms with E-state index in [0.29, 0.717) is 5.56 Å². The van der Waals surface area contributed by atoms with Crippen LogP contribution < -0.4 is 0 Å². The second-order valence-corrected chi connectivity index (χ2v) is 2.38. The standard InChI is InChI=1S/C7H6O2.HNO2S/c8-7(9)6-4-2-1-3-5-6;1-4(2)3/h1-5H,(H,8,9);1H. The number of hydrogen-bond donors (Lipinski definition) is 2. The van der Waals surface area contributed by atoms with E-state index in [-0.39, 0.29) is 0 Å². The summed E-state index contributed by atoms with van der Waals surface area (Å²) in [6.07, 6.45) is 0. The number of carboxylic acids is 1. The smallest absolute Gasteiger partial charge is 0.335 e. The minimum atomic E-state index is -2.61. The number of hydrogen-bond acceptors (Lipinski definition) is 4. The minimum absolute atomic E-state index is 0.331. The summed E-state index contributed by atoms with van der Waals surface area (Å²) < 4.78 is 22.8. The Morgan fingerprint density at radius 1 is 1.23 bits per heavy atom. The van der Waals surface area contributed by atoms with Gasteiger partial charge >= 0.3 is 16.5 Å². The van der Waals surface area contributed by atoms with Crippen LogP contribution in [0, 0.1) is 4.78 Å². The van der Waals surface area contributed by atoms with Crippen molar-refractivity contribution in [1.82, 2.24) is 0 Å². The second-order valence-electron chi connectivity index (χ2n) is 1.91. The molecule has 0 saturated carbocycles. The largest absolute Gasteiger partial charge is 0.478 e. The van der Waals surface area contributed by atoms with Crippen LogP contribution in [0.4, 0.5) is 0 Å². The molecule has 0 spiro atoms. The summed E-state index contributed by atoms with van der Waals surface area (Å²) in [6, 6.07) is 8.30. The van der Waals surface area contributed by atoms with Gasteiger partial charge in [0, 0.05) is 0 Å². The van der Waals surface area contributed by atoms with Crippen molar-refractivity contribution in [2.75, 3.05) is 0 Å². The molecule has 0 amide bonds. The third-order valence-electron chi connectivity index (χ3n) is 1.02. The summed E-state index contributed by atoms with van der Waals surface area (Å²) >= 11 is 0. The predicted octanol–water partition coefficient (Wildman–Crippen LogP) is 1.01. The molecule has 0 atom stereocenters. The van der Waals surface area contributed by atoms with Crippen LogP contribution in [0.1, 0.15) is 10.4 Å². The molecule has 13 heavy (non-hydrogen) atoms. The first-order valence-corrected chi connectivity index (χ1v) is 4.20. The lowest BCUT2D eigenvalue weighted by atomic mass is 10.2. The van der Waals surface area contributed by atoms with E-state index in [4.69, 9.17) is 18.3 Å². The maximum atomic E-state index is 10.2. The third kappa shape index (κ3) is 6.70. The Labute approximate surface area is 76.1 Å². The van der Waals surface area contributed by atoms with Gasteiger partial charge in [0.1, 0.15) is 0 Å². The van der Waals surface area contributed by atoms with Gasteiger partial charge in [0.25, 0.3) is 0 Å². The molecular weight excluding hydrogens is 194 g/mol. The molecule has 2 N–H and O–H groups in total. The molecule has 0 radical (unpaired) electrons. The van der Waals surface area contributed by atoms with Gasteiger partial charge in [0.15, 0.2) is 0 Å². The van der Waals surface area contributed by atoms with Gasteiger partial charge in [0.2, 0.25) is 0 Å². The number of nitrogens with one attached hydrogen (secondary N) is 1. The zero-order valence-corrected chi connectivity index (χ0v) is 7.28. The maximum Gasteiger partial charge on any atom is 0.335 e. The first-order chi connectivity index (χ1) is 6.04. The maximum absolute atomic E-state index is 10.2. The van der Waals surface area contributed by atoms with Crippen LogP contribution in [0.15, 0.2) is 30.3 Å². The summed E-state index contributed by atoms with van der Waals surface area (Å²) in [5, 5.41) is 8.38. The lowest BCUT2D eigenvalue weighted by Gasteiger charge is -1.88. The quantitative estimate of drug-likeness (QED) is 0.708. The van der Waals surface area contributed by atoms with Crippen molar-refractivity contribution in [3.8, 4) is 0 Å². The molecule has 6 heteroatoms. The molecule has 0 aliphatic heterocycles. The highest BCUT2D eigenvalue weighted by Gasteiger charge is 1.96. The van der Waals surface area contributed by atoms with Gasteiger partial charge in [0.05, 0.1) is 5.56 Å². The molecule has 1 rings (SSSR count). The first-order valence-electron chi connectivity index (χ1n) is 3.13. The highest BCUT2D eigenvalue weighted by molar-refractivity contribution is 7.60.